The molecule has 0 spiro atoms. The molecule has 1 atom stereocenters. The number of unbranched alkanes of at least 4 members (excludes halogenated alkanes) is 1. The summed E-state index contributed by atoms with van der Waals surface area (Å²) < 4.78 is 82.3. The highest BCUT2D eigenvalue weighted by molar-refractivity contribution is 5.96. The van der Waals surface area contributed by atoms with Gasteiger partial charge in [-0.25, -0.2) is 4.79 Å². The molecule has 0 saturated heterocycles. The fourth-order valence-electron chi connectivity index (χ4n) is 4.43. The highest BCUT2D eigenvalue weighted by atomic mass is 19.4. The zero-order valence-electron chi connectivity index (χ0n) is 29.1. The van der Waals surface area contributed by atoms with Crippen LogP contribution in [0.2, 0.25) is 0 Å². The summed E-state index contributed by atoms with van der Waals surface area (Å²) in [7, 11) is 0. The second-order valence-electron chi connectivity index (χ2n) is 11.0. The fraction of sp³-hybridized carbons (Fsp3) is 0.611. The number of nitrogens with one attached hydrogen (secondary N) is 1. The van der Waals surface area contributed by atoms with Gasteiger partial charge in [0.2, 0.25) is 0 Å². The molecule has 0 saturated carbocycles. The Kier molecular flexibility index (Phi) is 22.8. The molecule has 1 unspecified atom stereocenters. The van der Waals surface area contributed by atoms with Crippen LogP contribution in [0.5, 0.6) is 0 Å². The molecule has 14 heteroatoms. The lowest BCUT2D eigenvalue weighted by molar-refractivity contribution is -0.150. The topological polar surface area (TPSA) is 120 Å². The predicted molar refractivity (Wildman–Crippen MR) is 181 cm³/mol. The van der Waals surface area contributed by atoms with E-state index in [1.807, 2.05) is 6.92 Å². The molecule has 0 heterocycles. The van der Waals surface area contributed by atoms with Gasteiger partial charge in [0, 0.05) is 5.69 Å². The Balaban J connectivity index is 1.37. The first-order valence-electron chi connectivity index (χ1n) is 17.1. The summed E-state index contributed by atoms with van der Waals surface area (Å²) in [5.74, 6) is -0.802. The lowest BCUT2D eigenvalue weighted by Gasteiger charge is -2.13. The predicted octanol–water partition coefficient (Wildman–Crippen LogP) is 6.47. The van der Waals surface area contributed by atoms with Gasteiger partial charge >= 0.3 is 18.1 Å². The number of ether oxygens (including phenoxy) is 8. The third-order valence-corrected chi connectivity index (χ3v) is 7.14. The van der Waals surface area contributed by atoms with E-state index in [4.69, 9.17) is 37.9 Å². The number of hydrogen-bond acceptors (Lipinski definition) is 11. The Labute approximate surface area is 293 Å². The molecule has 0 aliphatic rings. The minimum absolute atomic E-state index is 0.00389. The molecule has 0 fully saturated rings. The maximum atomic E-state index is 13.0. The summed E-state index contributed by atoms with van der Waals surface area (Å²) in [5.41, 5.74) is -0.0963. The highest BCUT2D eigenvalue weighted by Crippen LogP contribution is 2.32. The van der Waals surface area contributed by atoms with E-state index in [1.165, 1.54) is 18.2 Å². The van der Waals surface area contributed by atoms with Gasteiger partial charge in [-0.05, 0) is 43.2 Å². The molecule has 0 amide bonds. The van der Waals surface area contributed by atoms with Crippen LogP contribution in [0.1, 0.15) is 55.5 Å². The number of carbonyl (C=O) groups is 2. The zero-order valence-corrected chi connectivity index (χ0v) is 29.1. The molecule has 2 rings (SSSR count). The van der Waals surface area contributed by atoms with Crippen molar-refractivity contribution in [1.29, 1.82) is 0 Å². The third kappa shape index (κ3) is 19.2. The van der Waals surface area contributed by atoms with Crippen molar-refractivity contribution in [3.8, 4) is 0 Å². The molecular formula is C36H52F3NO10. The van der Waals surface area contributed by atoms with Crippen molar-refractivity contribution < 1.29 is 60.7 Å². The number of carbonyl (C=O) groups excluding carboxylic acids is 2. The number of hydrogen-bond donors (Lipinski definition) is 1. The van der Waals surface area contributed by atoms with Crippen molar-refractivity contribution in [2.75, 3.05) is 97.8 Å². The van der Waals surface area contributed by atoms with E-state index < -0.39 is 17.7 Å². The number of rotatable bonds is 29. The van der Waals surface area contributed by atoms with Crippen molar-refractivity contribution in [3.05, 3.63) is 59.7 Å². The smallest absolute Gasteiger partial charge is 0.416 e. The van der Waals surface area contributed by atoms with Crippen LogP contribution in [0.15, 0.2) is 48.5 Å². The van der Waals surface area contributed by atoms with E-state index in [0.29, 0.717) is 78.4 Å². The van der Waals surface area contributed by atoms with Crippen molar-refractivity contribution in [2.24, 2.45) is 5.92 Å². The van der Waals surface area contributed by atoms with Crippen LogP contribution >= 0.6 is 0 Å². The summed E-state index contributed by atoms with van der Waals surface area (Å²) >= 11 is 0. The molecule has 50 heavy (non-hydrogen) atoms. The standard InChI is InChI=1S/C36H52F3NO10/c1-3-5-9-29(4-2)34(41)49-26-24-47-22-20-45-18-16-43-14-15-44-17-19-46-21-23-48-25-27-50-35(42)32-12-6-7-13-33(32)40-31-11-8-10-30(28-31)36(37,38)39/h6-8,10-13,28-29,40H,3-5,9,14-27H2,1-2H3. The van der Waals surface area contributed by atoms with Gasteiger partial charge in [-0.15, -0.1) is 0 Å². The Morgan fingerprint density at radius 3 is 1.66 bits per heavy atom. The summed E-state index contributed by atoms with van der Waals surface area (Å²) in [6, 6.07) is 11.1. The quantitative estimate of drug-likeness (QED) is 0.0738. The van der Waals surface area contributed by atoms with Gasteiger partial charge in [0.25, 0.3) is 0 Å². The number of para-hydroxylation sites is 1. The first-order valence-corrected chi connectivity index (χ1v) is 17.1. The molecule has 0 bridgehead atoms. The maximum Gasteiger partial charge on any atom is 0.416 e. The number of benzene rings is 2. The molecule has 1 N–H and O–H groups in total. The van der Waals surface area contributed by atoms with Crippen LogP contribution in [0.25, 0.3) is 0 Å². The van der Waals surface area contributed by atoms with Gasteiger partial charge in [0.05, 0.1) is 102 Å². The van der Waals surface area contributed by atoms with Crippen LogP contribution in [-0.4, -0.2) is 104 Å². The van der Waals surface area contributed by atoms with Gasteiger partial charge in [-0.2, -0.15) is 13.2 Å². The van der Waals surface area contributed by atoms with Crippen molar-refractivity contribution in [3.63, 3.8) is 0 Å². The largest absolute Gasteiger partial charge is 0.463 e. The highest BCUT2D eigenvalue weighted by Gasteiger charge is 2.30. The third-order valence-electron chi connectivity index (χ3n) is 7.14. The molecule has 2 aromatic rings. The molecule has 0 radical (unpaired) electrons. The second-order valence-corrected chi connectivity index (χ2v) is 11.0. The minimum atomic E-state index is -4.48. The Bertz CT molecular complexity index is 1200. The van der Waals surface area contributed by atoms with Gasteiger partial charge < -0.3 is 43.2 Å². The maximum absolute atomic E-state index is 13.0. The monoisotopic (exact) mass is 715 g/mol. The first kappa shape index (κ1) is 42.9. The van der Waals surface area contributed by atoms with Crippen molar-refractivity contribution in [1.82, 2.24) is 0 Å². The van der Waals surface area contributed by atoms with E-state index in [0.717, 1.165) is 37.8 Å². The fourth-order valence-corrected chi connectivity index (χ4v) is 4.43. The number of halogens is 3. The Morgan fingerprint density at radius 2 is 1.16 bits per heavy atom. The number of anilines is 2. The molecular weight excluding hydrogens is 663 g/mol. The van der Waals surface area contributed by atoms with Gasteiger partial charge in [-0.1, -0.05) is 44.9 Å². The number of esters is 2. The van der Waals surface area contributed by atoms with Crippen LogP contribution in [0.3, 0.4) is 0 Å². The van der Waals surface area contributed by atoms with E-state index in [9.17, 15) is 22.8 Å². The van der Waals surface area contributed by atoms with E-state index in [-0.39, 0.29) is 43.0 Å². The van der Waals surface area contributed by atoms with Crippen molar-refractivity contribution in [2.45, 2.75) is 45.7 Å². The summed E-state index contributed by atoms with van der Waals surface area (Å²) in [4.78, 5) is 24.6. The van der Waals surface area contributed by atoms with Gasteiger partial charge in [-0.3, -0.25) is 4.79 Å². The molecule has 282 valence electrons. The molecule has 11 nitrogen and oxygen atoms in total. The average molecular weight is 716 g/mol. The van der Waals surface area contributed by atoms with E-state index in [2.05, 4.69) is 12.2 Å². The zero-order chi connectivity index (χ0) is 36.3. The molecule has 2 aromatic carbocycles. The molecule has 0 aliphatic heterocycles. The van der Waals surface area contributed by atoms with E-state index in [1.54, 1.807) is 18.2 Å². The van der Waals surface area contributed by atoms with Crippen LogP contribution < -0.4 is 5.32 Å². The normalized spacial score (nSPS) is 12.1. The van der Waals surface area contributed by atoms with Gasteiger partial charge in [0.15, 0.2) is 0 Å². The Morgan fingerprint density at radius 1 is 0.660 bits per heavy atom. The molecule has 0 aromatic heterocycles. The van der Waals surface area contributed by atoms with Crippen LogP contribution in [0.4, 0.5) is 24.5 Å². The summed E-state index contributed by atoms with van der Waals surface area (Å²) in [5, 5.41) is 2.85. The lowest BCUT2D eigenvalue weighted by atomic mass is 10.00. The first-order chi connectivity index (χ1) is 24.3. The summed E-state index contributed by atoms with van der Waals surface area (Å²) in [6.45, 7) is 8.82. The average Bonchev–Trinajstić information content (AvgIpc) is 3.10. The van der Waals surface area contributed by atoms with Crippen molar-refractivity contribution >= 4 is 23.3 Å². The van der Waals surface area contributed by atoms with Crippen LogP contribution in [-0.2, 0) is 48.9 Å². The minimum Gasteiger partial charge on any atom is -0.463 e. The Hall–Kier alpha value is -3.27. The lowest BCUT2D eigenvalue weighted by Crippen LogP contribution is -2.20. The summed E-state index contributed by atoms with van der Waals surface area (Å²) in [6.07, 6.45) is -0.727. The van der Waals surface area contributed by atoms with Crippen LogP contribution in [0, 0.1) is 5.92 Å². The second kappa shape index (κ2) is 26.5. The molecule has 0 aliphatic carbocycles. The number of alkyl halides is 3. The van der Waals surface area contributed by atoms with Gasteiger partial charge in [0.1, 0.15) is 13.2 Å². The van der Waals surface area contributed by atoms with E-state index >= 15 is 0 Å². The SMILES string of the molecule is CCCCC(CC)C(=O)OCCOCCOCCOCCOCCOCCOCCOC(=O)c1ccccc1Nc1cccc(C(F)(F)F)c1.